The maximum Gasteiger partial charge on any atom is 0.498 e. The fraction of sp³-hybridized carbons (Fsp3) is 0.810. The minimum absolute atomic E-state index is 0.377. The van der Waals surface area contributed by atoms with Crippen LogP contribution in [0.4, 0.5) is 18.0 Å². The molecule has 1 aliphatic heterocycles. The van der Waals surface area contributed by atoms with Crippen molar-refractivity contribution in [2.24, 2.45) is 0 Å². The molecule has 1 saturated heterocycles. The third-order valence-electron chi connectivity index (χ3n) is 5.25. The number of hydrogen-bond acceptors (Lipinski definition) is 6. The Labute approximate surface area is 189 Å². The number of alkyl halides is 3. The SMILES string of the molecule is CC(C)(C)OC(=O)NCCCCCCN/C=C(/B1OC(C)(C)C(C)(C)O1)C(=N)C(F)(F)F. The summed E-state index contributed by atoms with van der Waals surface area (Å²) in [5, 5.41) is 13.1. The lowest BCUT2D eigenvalue weighted by Gasteiger charge is -2.32. The van der Waals surface area contributed by atoms with Gasteiger partial charge in [-0.2, -0.15) is 13.2 Å². The van der Waals surface area contributed by atoms with Gasteiger partial charge in [0.05, 0.1) is 11.2 Å². The summed E-state index contributed by atoms with van der Waals surface area (Å²) in [4.78, 5) is 11.5. The molecule has 1 fully saturated rings. The van der Waals surface area contributed by atoms with Crippen molar-refractivity contribution >= 4 is 18.9 Å². The van der Waals surface area contributed by atoms with Crippen molar-refractivity contribution in [2.45, 2.75) is 97.1 Å². The van der Waals surface area contributed by atoms with Crippen LogP contribution in [-0.2, 0) is 14.0 Å². The molecule has 1 rings (SSSR count). The molecule has 3 N–H and O–H groups in total. The number of nitrogens with one attached hydrogen (secondary N) is 3. The van der Waals surface area contributed by atoms with Crippen LogP contribution >= 0.6 is 0 Å². The number of alkyl carbamates (subject to hydrolysis) is 1. The Bertz CT molecular complexity index is 673. The van der Waals surface area contributed by atoms with Crippen molar-refractivity contribution in [3.8, 4) is 0 Å². The Morgan fingerprint density at radius 1 is 1.00 bits per heavy atom. The van der Waals surface area contributed by atoms with Crippen LogP contribution in [-0.4, -0.2) is 55.0 Å². The number of amides is 1. The molecule has 0 atom stereocenters. The highest BCUT2D eigenvalue weighted by atomic mass is 19.4. The molecule has 7 nitrogen and oxygen atoms in total. The Balaban J connectivity index is 2.46. The zero-order valence-electron chi connectivity index (χ0n) is 20.2. The van der Waals surface area contributed by atoms with E-state index in [-0.39, 0.29) is 5.47 Å². The van der Waals surface area contributed by atoms with Crippen LogP contribution in [0.1, 0.15) is 74.1 Å². The second kappa shape index (κ2) is 10.9. The van der Waals surface area contributed by atoms with Crippen LogP contribution in [0.25, 0.3) is 0 Å². The number of allylic oxidation sites excluding steroid dienone is 1. The van der Waals surface area contributed by atoms with Gasteiger partial charge < -0.3 is 24.7 Å². The average molecular weight is 463 g/mol. The van der Waals surface area contributed by atoms with Gasteiger partial charge in [-0.25, -0.2) is 4.79 Å². The predicted molar refractivity (Wildman–Crippen MR) is 119 cm³/mol. The summed E-state index contributed by atoms with van der Waals surface area (Å²) in [6, 6.07) is 0. The fourth-order valence-corrected chi connectivity index (χ4v) is 2.78. The van der Waals surface area contributed by atoms with Crippen molar-refractivity contribution in [3.63, 3.8) is 0 Å². The van der Waals surface area contributed by atoms with E-state index in [2.05, 4.69) is 10.6 Å². The van der Waals surface area contributed by atoms with Crippen molar-refractivity contribution in [1.82, 2.24) is 10.6 Å². The zero-order valence-corrected chi connectivity index (χ0v) is 20.2. The number of hydrogen-bond donors (Lipinski definition) is 3. The minimum atomic E-state index is -4.81. The Kier molecular flexibility index (Phi) is 9.65. The van der Waals surface area contributed by atoms with E-state index in [1.54, 1.807) is 48.5 Å². The second-order valence-corrected chi connectivity index (χ2v) is 9.86. The van der Waals surface area contributed by atoms with Gasteiger partial charge in [-0.05, 0) is 67.5 Å². The number of carbonyl (C=O) groups is 1. The van der Waals surface area contributed by atoms with Crippen LogP contribution in [0.2, 0.25) is 0 Å². The zero-order chi connectivity index (χ0) is 24.8. The molecular formula is C21H37BF3N3O4. The molecule has 0 aromatic carbocycles. The molecule has 1 heterocycles. The molecule has 0 aliphatic carbocycles. The quantitative estimate of drug-likeness (QED) is 0.247. The first-order valence-corrected chi connectivity index (χ1v) is 10.9. The van der Waals surface area contributed by atoms with Crippen LogP contribution in [0, 0.1) is 5.41 Å². The molecule has 0 radical (unpaired) electrons. The molecule has 11 heteroatoms. The van der Waals surface area contributed by atoms with Gasteiger partial charge in [0.15, 0.2) is 0 Å². The van der Waals surface area contributed by atoms with Crippen molar-refractivity contribution in [3.05, 3.63) is 11.7 Å². The smallest absolute Gasteiger partial charge is 0.444 e. The van der Waals surface area contributed by atoms with Crippen LogP contribution in [0.3, 0.4) is 0 Å². The topological polar surface area (TPSA) is 92.7 Å². The Hall–Kier alpha value is -1.75. The first-order valence-electron chi connectivity index (χ1n) is 10.9. The molecule has 0 aromatic heterocycles. The van der Waals surface area contributed by atoms with Gasteiger partial charge in [0.1, 0.15) is 11.3 Å². The average Bonchev–Trinajstić information content (AvgIpc) is 2.81. The summed E-state index contributed by atoms with van der Waals surface area (Å²) >= 11 is 0. The lowest BCUT2D eigenvalue weighted by molar-refractivity contribution is -0.0588. The summed E-state index contributed by atoms with van der Waals surface area (Å²) in [6.07, 6.45) is -0.915. The van der Waals surface area contributed by atoms with Gasteiger partial charge in [0, 0.05) is 18.6 Å². The third-order valence-corrected chi connectivity index (χ3v) is 5.25. The summed E-state index contributed by atoms with van der Waals surface area (Å²) in [6.45, 7) is 13.3. The molecule has 0 unspecified atom stereocenters. The van der Waals surface area contributed by atoms with E-state index in [0.29, 0.717) is 13.1 Å². The molecule has 1 aliphatic rings. The molecule has 0 bridgehead atoms. The van der Waals surface area contributed by atoms with Gasteiger partial charge >= 0.3 is 19.4 Å². The van der Waals surface area contributed by atoms with E-state index in [1.165, 1.54) is 6.20 Å². The summed E-state index contributed by atoms with van der Waals surface area (Å²) < 4.78 is 56.1. The minimum Gasteiger partial charge on any atom is -0.444 e. The van der Waals surface area contributed by atoms with E-state index in [0.717, 1.165) is 25.7 Å². The Morgan fingerprint density at radius 3 is 1.97 bits per heavy atom. The highest BCUT2D eigenvalue weighted by Crippen LogP contribution is 2.39. The van der Waals surface area contributed by atoms with Crippen LogP contribution < -0.4 is 10.6 Å². The molecule has 1 amide bonds. The van der Waals surface area contributed by atoms with E-state index >= 15 is 0 Å². The first kappa shape index (κ1) is 28.3. The highest BCUT2D eigenvalue weighted by molar-refractivity contribution is 6.62. The number of unbranched alkanes of at least 4 members (excludes halogenated alkanes) is 3. The van der Waals surface area contributed by atoms with E-state index in [4.69, 9.17) is 19.5 Å². The standard InChI is InChI=1S/C21H37BF3N3O4/c1-18(2,3)30-17(29)28-13-11-9-8-10-12-27-14-15(16(26)21(23,24)25)22-31-19(4,5)20(6,7)32-22/h14,26-27H,8-13H2,1-7H3,(H,28,29)/b15-14+,26-16?. The summed E-state index contributed by atoms with van der Waals surface area (Å²) in [5.74, 6) is 0. The third kappa shape index (κ3) is 9.01. The molecule has 0 saturated carbocycles. The summed E-state index contributed by atoms with van der Waals surface area (Å²) in [5.41, 5.74) is -4.02. The molecular weight excluding hydrogens is 426 g/mol. The van der Waals surface area contributed by atoms with Crippen molar-refractivity contribution in [2.75, 3.05) is 13.1 Å². The monoisotopic (exact) mass is 463 g/mol. The van der Waals surface area contributed by atoms with Gasteiger partial charge in [0.2, 0.25) is 0 Å². The second-order valence-electron chi connectivity index (χ2n) is 9.86. The van der Waals surface area contributed by atoms with Crippen molar-refractivity contribution < 1.29 is 32.0 Å². The summed E-state index contributed by atoms with van der Waals surface area (Å²) in [7, 11) is -1.28. The number of rotatable bonds is 10. The van der Waals surface area contributed by atoms with Gasteiger partial charge in [-0.3, -0.25) is 5.41 Å². The van der Waals surface area contributed by atoms with E-state index in [9.17, 15) is 18.0 Å². The van der Waals surface area contributed by atoms with Crippen LogP contribution in [0.5, 0.6) is 0 Å². The maximum absolute atomic E-state index is 13.2. The molecule has 32 heavy (non-hydrogen) atoms. The normalized spacial score (nSPS) is 18.4. The van der Waals surface area contributed by atoms with Crippen molar-refractivity contribution in [1.29, 1.82) is 5.41 Å². The van der Waals surface area contributed by atoms with Gasteiger partial charge in [0.25, 0.3) is 0 Å². The molecule has 0 spiro atoms. The first-order chi connectivity index (χ1) is 14.5. The maximum atomic E-state index is 13.2. The largest absolute Gasteiger partial charge is 0.498 e. The van der Waals surface area contributed by atoms with E-state index in [1.807, 2.05) is 0 Å². The fourth-order valence-electron chi connectivity index (χ4n) is 2.78. The lowest BCUT2D eigenvalue weighted by atomic mass is 9.75. The number of halogens is 3. The lowest BCUT2D eigenvalue weighted by Crippen LogP contribution is -2.41. The van der Waals surface area contributed by atoms with Gasteiger partial charge in [-0.15, -0.1) is 0 Å². The highest BCUT2D eigenvalue weighted by Gasteiger charge is 2.55. The van der Waals surface area contributed by atoms with E-state index < -0.39 is 41.9 Å². The number of ether oxygens (including phenoxy) is 1. The molecule has 0 aromatic rings. The predicted octanol–water partition coefficient (Wildman–Crippen LogP) is 4.76. The molecule has 184 valence electrons. The number of carbonyl (C=O) groups excluding carboxylic acids is 1. The Morgan fingerprint density at radius 2 is 1.50 bits per heavy atom. The van der Waals surface area contributed by atoms with Gasteiger partial charge in [-0.1, -0.05) is 12.8 Å². The van der Waals surface area contributed by atoms with Crippen LogP contribution in [0.15, 0.2) is 11.7 Å².